The molecule has 0 heterocycles. The number of carbonyl (C=O) groups excluding carboxylic acids is 1. The lowest BCUT2D eigenvalue weighted by atomic mass is 10.1. The Morgan fingerprint density at radius 3 is 1.54 bits per heavy atom. The molecule has 0 N–H and O–H groups in total. The molecular weight excluding hydrogens is 581 g/mol. The van der Waals surface area contributed by atoms with Crippen LogP contribution in [0.1, 0.15) is 208 Å². The lowest BCUT2D eigenvalue weighted by Gasteiger charge is -2.36. The van der Waals surface area contributed by atoms with Crippen LogP contribution in [0.3, 0.4) is 0 Å². The second kappa shape index (κ2) is 31.4. The third-order valence-corrected chi connectivity index (χ3v) is 14.5. The van der Waals surface area contributed by atoms with Crippen molar-refractivity contribution in [1.82, 2.24) is 0 Å². The van der Waals surface area contributed by atoms with Gasteiger partial charge in [0.25, 0.3) is 0 Å². The largest absolute Gasteiger partial charge is 0.462 e. The number of ether oxygens (including phenoxy) is 1. The molecule has 0 aromatic heterocycles. The van der Waals surface area contributed by atoms with Gasteiger partial charge in [0.15, 0.2) is 8.32 Å². The van der Waals surface area contributed by atoms with Gasteiger partial charge in [-0.25, -0.2) is 0 Å². The van der Waals surface area contributed by atoms with Crippen molar-refractivity contribution < 1.29 is 14.0 Å². The Morgan fingerprint density at radius 1 is 0.587 bits per heavy atom. The normalized spacial score (nSPS) is 13.3. The van der Waals surface area contributed by atoms with E-state index in [1.165, 1.54) is 128 Å². The molecule has 46 heavy (non-hydrogen) atoms. The summed E-state index contributed by atoms with van der Waals surface area (Å²) in [6.45, 7) is 17.1. The van der Waals surface area contributed by atoms with E-state index >= 15 is 0 Å². The topological polar surface area (TPSA) is 35.5 Å². The predicted molar refractivity (Wildman–Crippen MR) is 207 cm³/mol. The minimum atomic E-state index is -1.59. The molecule has 1 atom stereocenters. The van der Waals surface area contributed by atoms with Gasteiger partial charge in [0, 0.05) is 19.4 Å². The molecule has 0 aromatic rings. The van der Waals surface area contributed by atoms with Crippen molar-refractivity contribution in [3.8, 4) is 0 Å². The van der Waals surface area contributed by atoms with Crippen LogP contribution in [0.25, 0.3) is 0 Å². The van der Waals surface area contributed by atoms with Crippen molar-refractivity contribution in [3.05, 3.63) is 24.3 Å². The maximum atomic E-state index is 12.6. The Kier molecular flexibility index (Phi) is 30.8. The summed E-state index contributed by atoms with van der Waals surface area (Å²) in [5.41, 5.74) is 0. The molecule has 0 amide bonds. The molecule has 272 valence electrons. The zero-order chi connectivity index (χ0) is 34.2. The van der Waals surface area contributed by atoms with Gasteiger partial charge in [-0.1, -0.05) is 155 Å². The fourth-order valence-electron chi connectivity index (χ4n) is 5.59. The van der Waals surface area contributed by atoms with Gasteiger partial charge in [0.2, 0.25) is 0 Å². The molecule has 0 saturated carbocycles. The highest BCUT2D eigenvalue weighted by Gasteiger charge is 2.36. The number of hydrogen-bond acceptors (Lipinski definition) is 3. The molecule has 0 aliphatic heterocycles. The fourth-order valence-corrected chi connectivity index (χ4v) is 6.68. The number of hydrogen-bond donors (Lipinski definition) is 0. The van der Waals surface area contributed by atoms with E-state index in [0.717, 1.165) is 45.1 Å². The average molecular weight is 663 g/mol. The van der Waals surface area contributed by atoms with Crippen LogP contribution in [0.5, 0.6) is 0 Å². The first kappa shape index (κ1) is 45.1. The van der Waals surface area contributed by atoms with Crippen molar-refractivity contribution in [3.63, 3.8) is 0 Å². The van der Waals surface area contributed by atoms with Gasteiger partial charge in [-0.2, -0.15) is 0 Å². The van der Waals surface area contributed by atoms with E-state index in [2.05, 4.69) is 72.0 Å². The maximum absolute atomic E-state index is 12.6. The summed E-state index contributed by atoms with van der Waals surface area (Å²) >= 11 is 0. The van der Waals surface area contributed by atoms with Crippen molar-refractivity contribution >= 4 is 14.3 Å². The Labute approximate surface area is 290 Å². The monoisotopic (exact) mass is 663 g/mol. The van der Waals surface area contributed by atoms with E-state index in [9.17, 15) is 4.79 Å². The van der Waals surface area contributed by atoms with Crippen LogP contribution in [0.2, 0.25) is 18.1 Å². The smallest absolute Gasteiger partial charge is 0.306 e. The van der Waals surface area contributed by atoms with E-state index < -0.39 is 8.32 Å². The first-order valence-corrected chi connectivity index (χ1v) is 23.2. The molecule has 0 aliphatic carbocycles. The molecule has 1 unspecified atom stereocenters. The summed E-state index contributed by atoms with van der Waals surface area (Å²) < 4.78 is 12.3. The minimum Gasteiger partial charge on any atom is -0.462 e. The van der Waals surface area contributed by atoms with E-state index in [4.69, 9.17) is 9.16 Å². The molecule has 0 saturated heterocycles. The van der Waals surface area contributed by atoms with Crippen LogP contribution < -0.4 is 0 Å². The summed E-state index contributed by atoms with van der Waals surface area (Å²) in [5, 5.41) is 0.307. The van der Waals surface area contributed by atoms with Crippen LogP contribution in [0.15, 0.2) is 24.3 Å². The molecule has 0 rings (SSSR count). The third-order valence-electron chi connectivity index (χ3n) is 9.92. The van der Waals surface area contributed by atoms with Gasteiger partial charge in [0.05, 0.1) is 0 Å². The van der Waals surface area contributed by atoms with Crippen molar-refractivity contribution in [2.75, 3.05) is 6.61 Å². The summed E-state index contributed by atoms with van der Waals surface area (Å²) in [5.74, 6) is 0.0150. The van der Waals surface area contributed by atoms with Gasteiger partial charge in [0.1, 0.15) is 6.10 Å². The molecular formula is C42H82O3Si. The number of esters is 1. The third kappa shape index (κ3) is 29.3. The zero-order valence-electron chi connectivity index (χ0n) is 32.4. The standard InChI is InChI=1S/C42H82O3Si/c1-8-10-12-14-15-16-17-18-19-20-21-24-27-30-34-38-41(43)45-40(36-32-13-11-9-2)37-33-29-26-23-22-25-28-31-35-39-44-46(6,7)42(3,4)5/h18-19,29,33,40H,8-17,20-28,30-32,34-39H2,1-7H3/b19-18-,33-29?. The second-order valence-electron chi connectivity index (χ2n) is 15.5. The first-order chi connectivity index (χ1) is 22.1. The predicted octanol–water partition coefficient (Wildman–Crippen LogP) is 14.6. The zero-order valence-corrected chi connectivity index (χ0v) is 33.4. The Balaban J connectivity index is 3.97. The molecule has 0 fully saturated rings. The molecule has 0 radical (unpaired) electrons. The van der Waals surface area contributed by atoms with E-state index in [0.29, 0.717) is 11.5 Å². The van der Waals surface area contributed by atoms with Crippen molar-refractivity contribution in [1.29, 1.82) is 0 Å². The Morgan fingerprint density at radius 2 is 1.02 bits per heavy atom. The number of unbranched alkanes of at least 4 members (excludes halogenated alkanes) is 20. The van der Waals surface area contributed by atoms with Crippen LogP contribution >= 0.6 is 0 Å². The van der Waals surface area contributed by atoms with Gasteiger partial charge < -0.3 is 9.16 Å². The number of carbonyl (C=O) groups is 1. The lowest BCUT2D eigenvalue weighted by molar-refractivity contribution is -0.149. The summed E-state index contributed by atoms with van der Waals surface area (Å²) in [6, 6.07) is 0. The molecule has 0 bridgehead atoms. The van der Waals surface area contributed by atoms with E-state index in [-0.39, 0.29) is 12.1 Å². The molecule has 0 aromatic carbocycles. The summed E-state index contributed by atoms with van der Waals surface area (Å²) in [6.07, 6.45) is 42.2. The number of allylic oxidation sites excluding steroid dienone is 3. The summed E-state index contributed by atoms with van der Waals surface area (Å²) in [4.78, 5) is 12.6. The molecule has 4 heteroatoms. The van der Waals surface area contributed by atoms with E-state index in [1.54, 1.807) is 0 Å². The fraction of sp³-hybridized carbons (Fsp3) is 0.881. The highest BCUT2D eigenvalue weighted by Crippen LogP contribution is 2.36. The molecule has 3 nitrogen and oxygen atoms in total. The average Bonchev–Trinajstić information content (AvgIpc) is 3.00. The van der Waals surface area contributed by atoms with Crippen LogP contribution in [-0.2, 0) is 14.0 Å². The second-order valence-corrected chi connectivity index (χ2v) is 20.3. The van der Waals surface area contributed by atoms with E-state index in [1.807, 2.05) is 0 Å². The molecule has 0 spiro atoms. The van der Waals surface area contributed by atoms with Crippen LogP contribution in [0, 0.1) is 0 Å². The quantitative estimate of drug-likeness (QED) is 0.0304. The Hall–Kier alpha value is -0.873. The number of rotatable bonds is 33. The van der Waals surface area contributed by atoms with Crippen molar-refractivity contribution in [2.45, 2.75) is 232 Å². The first-order valence-electron chi connectivity index (χ1n) is 20.3. The van der Waals surface area contributed by atoms with Gasteiger partial charge >= 0.3 is 5.97 Å². The highest BCUT2D eigenvalue weighted by atomic mass is 28.4. The van der Waals surface area contributed by atoms with Crippen LogP contribution in [0.4, 0.5) is 0 Å². The minimum absolute atomic E-state index is 0.0150. The van der Waals surface area contributed by atoms with Gasteiger partial charge in [-0.3, -0.25) is 4.79 Å². The summed E-state index contributed by atoms with van der Waals surface area (Å²) in [7, 11) is -1.59. The van der Waals surface area contributed by atoms with Gasteiger partial charge in [-0.05, 0) is 82.3 Å². The maximum Gasteiger partial charge on any atom is 0.306 e. The Bertz CT molecular complexity index is 721. The van der Waals surface area contributed by atoms with Crippen molar-refractivity contribution in [2.24, 2.45) is 0 Å². The molecule has 0 aliphatic rings. The lowest BCUT2D eigenvalue weighted by Crippen LogP contribution is -2.40. The SMILES string of the molecule is CCCCCCCC/C=C\CCCCCCCC(=O)OC(CC=CCCCCCCCCO[Si](C)(C)C(C)(C)C)CCCCCC. The highest BCUT2D eigenvalue weighted by molar-refractivity contribution is 6.74. The van der Waals surface area contributed by atoms with Gasteiger partial charge in [-0.15, -0.1) is 0 Å². The van der Waals surface area contributed by atoms with Crippen LogP contribution in [-0.4, -0.2) is 27.0 Å².